The quantitative estimate of drug-likeness (QED) is 0.696. The third kappa shape index (κ3) is 3.86. The summed E-state index contributed by atoms with van der Waals surface area (Å²) in [5.74, 6) is -0.589. The standard InChI is InChI=1S/C20H18N4O3S/c25-17(23-20-22-15-4-1-2-5-16(15)28-20)12-21-19(27)13-7-9-14(10-8-13)24-11-3-6-18(24)26/h1-2,4-5,7-10H,3,6,11-12H2,(H,21,27)(H,22,23,25). The van der Waals surface area contributed by atoms with Gasteiger partial charge in [-0.25, -0.2) is 4.98 Å². The predicted octanol–water partition coefficient (Wildman–Crippen LogP) is 2.79. The highest BCUT2D eigenvalue weighted by atomic mass is 32.1. The van der Waals surface area contributed by atoms with Gasteiger partial charge in [-0.15, -0.1) is 0 Å². The topological polar surface area (TPSA) is 91.4 Å². The molecule has 2 heterocycles. The highest BCUT2D eigenvalue weighted by molar-refractivity contribution is 7.22. The molecule has 3 aromatic rings. The largest absolute Gasteiger partial charge is 0.343 e. The lowest BCUT2D eigenvalue weighted by atomic mass is 10.2. The number of nitrogens with one attached hydrogen (secondary N) is 2. The molecule has 1 fully saturated rings. The number of nitrogens with zero attached hydrogens (tertiary/aromatic N) is 2. The average Bonchev–Trinajstić information content (AvgIpc) is 3.31. The molecule has 142 valence electrons. The minimum absolute atomic E-state index is 0.101. The Morgan fingerprint density at radius 2 is 1.89 bits per heavy atom. The summed E-state index contributed by atoms with van der Waals surface area (Å²) in [4.78, 5) is 42.2. The maximum atomic E-state index is 12.3. The second-order valence-electron chi connectivity index (χ2n) is 6.41. The van der Waals surface area contributed by atoms with Gasteiger partial charge in [0.1, 0.15) is 0 Å². The summed E-state index contributed by atoms with van der Waals surface area (Å²) >= 11 is 1.38. The van der Waals surface area contributed by atoms with Crippen LogP contribution in [0.4, 0.5) is 10.8 Å². The van der Waals surface area contributed by atoms with Crippen LogP contribution in [0.3, 0.4) is 0 Å². The smallest absolute Gasteiger partial charge is 0.251 e. The van der Waals surface area contributed by atoms with Crippen molar-refractivity contribution in [3.05, 3.63) is 54.1 Å². The van der Waals surface area contributed by atoms with Crippen molar-refractivity contribution in [3.8, 4) is 0 Å². The summed E-state index contributed by atoms with van der Waals surface area (Å²) in [5.41, 5.74) is 2.04. The van der Waals surface area contributed by atoms with Gasteiger partial charge in [0, 0.05) is 24.2 Å². The summed E-state index contributed by atoms with van der Waals surface area (Å²) in [7, 11) is 0. The lowest BCUT2D eigenvalue weighted by Crippen LogP contribution is -2.32. The predicted molar refractivity (Wildman–Crippen MR) is 109 cm³/mol. The van der Waals surface area contributed by atoms with Crippen molar-refractivity contribution in [3.63, 3.8) is 0 Å². The zero-order chi connectivity index (χ0) is 19.5. The van der Waals surface area contributed by atoms with E-state index in [0.717, 1.165) is 22.3 Å². The summed E-state index contributed by atoms with van der Waals surface area (Å²) < 4.78 is 0.985. The molecule has 0 saturated carbocycles. The van der Waals surface area contributed by atoms with Crippen molar-refractivity contribution < 1.29 is 14.4 Å². The lowest BCUT2D eigenvalue weighted by Gasteiger charge is -2.15. The van der Waals surface area contributed by atoms with Gasteiger partial charge in [0.2, 0.25) is 11.8 Å². The Morgan fingerprint density at radius 1 is 1.11 bits per heavy atom. The minimum Gasteiger partial charge on any atom is -0.343 e. The molecule has 7 nitrogen and oxygen atoms in total. The highest BCUT2D eigenvalue weighted by Crippen LogP contribution is 2.25. The molecule has 0 bridgehead atoms. The first-order valence-corrected chi connectivity index (χ1v) is 9.76. The Labute approximate surface area is 165 Å². The van der Waals surface area contributed by atoms with E-state index in [9.17, 15) is 14.4 Å². The molecule has 28 heavy (non-hydrogen) atoms. The Kier molecular flexibility index (Phi) is 5.03. The number of aromatic nitrogens is 1. The van der Waals surface area contributed by atoms with E-state index in [2.05, 4.69) is 15.6 Å². The summed E-state index contributed by atoms with van der Waals surface area (Å²) in [6.07, 6.45) is 1.41. The van der Waals surface area contributed by atoms with Gasteiger partial charge in [0.05, 0.1) is 16.8 Å². The number of hydrogen-bond donors (Lipinski definition) is 2. The van der Waals surface area contributed by atoms with Gasteiger partial charge >= 0.3 is 0 Å². The monoisotopic (exact) mass is 394 g/mol. The van der Waals surface area contributed by atoms with E-state index in [0.29, 0.717) is 23.7 Å². The number of para-hydroxylation sites is 1. The van der Waals surface area contributed by atoms with Gasteiger partial charge in [0.25, 0.3) is 5.91 Å². The van der Waals surface area contributed by atoms with Crippen LogP contribution in [0.2, 0.25) is 0 Å². The number of carbonyl (C=O) groups is 3. The lowest BCUT2D eigenvalue weighted by molar-refractivity contribution is -0.117. The maximum absolute atomic E-state index is 12.3. The molecular weight excluding hydrogens is 376 g/mol. The molecule has 1 aromatic heterocycles. The van der Waals surface area contributed by atoms with Crippen molar-refractivity contribution in [2.45, 2.75) is 12.8 Å². The molecule has 4 rings (SSSR count). The van der Waals surface area contributed by atoms with Crippen LogP contribution in [0.25, 0.3) is 10.2 Å². The summed E-state index contributed by atoms with van der Waals surface area (Å²) in [6, 6.07) is 14.4. The van der Waals surface area contributed by atoms with Crippen LogP contribution in [-0.2, 0) is 9.59 Å². The van der Waals surface area contributed by atoms with Crippen LogP contribution >= 0.6 is 11.3 Å². The molecule has 1 aliphatic heterocycles. The van der Waals surface area contributed by atoms with Gasteiger partial charge in [-0.2, -0.15) is 0 Å². The average molecular weight is 394 g/mol. The number of thiazole rings is 1. The Hall–Kier alpha value is -3.26. The number of amides is 3. The third-order valence-electron chi connectivity index (χ3n) is 4.46. The Bertz CT molecular complexity index is 1010. The summed E-state index contributed by atoms with van der Waals surface area (Å²) in [5, 5.41) is 5.79. The van der Waals surface area contributed by atoms with Crippen LogP contribution in [0.15, 0.2) is 48.5 Å². The van der Waals surface area contributed by atoms with Gasteiger partial charge in [-0.1, -0.05) is 23.5 Å². The van der Waals surface area contributed by atoms with Gasteiger partial charge in [-0.3, -0.25) is 14.4 Å². The number of anilines is 2. The minimum atomic E-state index is -0.348. The molecule has 0 spiro atoms. The Morgan fingerprint density at radius 3 is 2.61 bits per heavy atom. The van der Waals surface area contributed by atoms with Gasteiger partial charge in [-0.05, 0) is 42.8 Å². The van der Waals surface area contributed by atoms with Crippen LogP contribution in [0.1, 0.15) is 23.2 Å². The molecule has 1 aliphatic rings. The number of benzene rings is 2. The molecule has 8 heteroatoms. The molecule has 2 aromatic carbocycles. The van der Waals surface area contributed by atoms with E-state index in [1.807, 2.05) is 24.3 Å². The first-order valence-electron chi connectivity index (χ1n) is 8.94. The molecule has 0 radical (unpaired) electrons. The second-order valence-corrected chi connectivity index (χ2v) is 7.44. The number of rotatable bonds is 5. The molecule has 0 aliphatic carbocycles. The van der Waals surface area contributed by atoms with Crippen LogP contribution < -0.4 is 15.5 Å². The molecule has 2 N–H and O–H groups in total. The fourth-order valence-electron chi connectivity index (χ4n) is 3.07. The number of carbonyl (C=O) groups excluding carboxylic acids is 3. The fourth-order valence-corrected chi connectivity index (χ4v) is 3.95. The van der Waals surface area contributed by atoms with Crippen molar-refractivity contribution in [2.75, 3.05) is 23.3 Å². The summed E-state index contributed by atoms with van der Waals surface area (Å²) in [6.45, 7) is 0.553. The van der Waals surface area contributed by atoms with Gasteiger partial charge in [0.15, 0.2) is 5.13 Å². The first-order chi connectivity index (χ1) is 13.6. The van der Waals surface area contributed by atoms with E-state index in [1.54, 1.807) is 29.2 Å². The van der Waals surface area contributed by atoms with Crippen LogP contribution in [0, 0.1) is 0 Å². The van der Waals surface area contributed by atoms with Crippen molar-refractivity contribution in [2.24, 2.45) is 0 Å². The zero-order valence-corrected chi connectivity index (χ0v) is 15.8. The molecule has 1 saturated heterocycles. The number of hydrogen-bond acceptors (Lipinski definition) is 5. The van der Waals surface area contributed by atoms with Crippen LogP contribution in [-0.4, -0.2) is 35.8 Å². The fraction of sp³-hybridized carbons (Fsp3) is 0.200. The highest BCUT2D eigenvalue weighted by Gasteiger charge is 2.21. The first kappa shape index (κ1) is 18.1. The van der Waals surface area contributed by atoms with Gasteiger partial charge < -0.3 is 15.5 Å². The molecule has 3 amide bonds. The van der Waals surface area contributed by atoms with Crippen molar-refractivity contribution in [1.29, 1.82) is 0 Å². The third-order valence-corrected chi connectivity index (χ3v) is 5.42. The van der Waals surface area contributed by atoms with E-state index in [4.69, 9.17) is 0 Å². The SMILES string of the molecule is O=C(CNC(=O)c1ccc(N2CCCC2=O)cc1)Nc1nc2ccccc2s1. The normalized spacial score (nSPS) is 13.7. The zero-order valence-electron chi connectivity index (χ0n) is 15.0. The van der Waals surface area contributed by atoms with Crippen molar-refractivity contribution >= 4 is 50.1 Å². The van der Waals surface area contributed by atoms with Crippen molar-refractivity contribution in [1.82, 2.24) is 10.3 Å². The molecule has 0 atom stereocenters. The maximum Gasteiger partial charge on any atom is 0.251 e. The number of fused-ring (bicyclic) bond motifs is 1. The Balaban J connectivity index is 1.32. The van der Waals surface area contributed by atoms with Crippen LogP contribution in [0.5, 0.6) is 0 Å². The van der Waals surface area contributed by atoms with E-state index < -0.39 is 0 Å². The van der Waals surface area contributed by atoms with E-state index in [1.165, 1.54) is 11.3 Å². The van der Waals surface area contributed by atoms with E-state index >= 15 is 0 Å². The molecular formula is C20H18N4O3S. The molecule has 0 unspecified atom stereocenters. The second kappa shape index (κ2) is 7.77. The van der Waals surface area contributed by atoms with E-state index in [-0.39, 0.29) is 24.3 Å².